The van der Waals surface area contributed by atoms with Gasteiger partial charge in [-0.15, -0.1) is 13.2 Å². The van der Waals surface area contributed by atoms with E-state index in [0.717, 1.165) is 30.7 Å². The summed E-state index contributed by atoms with van der Waals surface area (Å²) in [5, 5.41) is 0. The molecule has 0 aromatic heterocycles. The first-order valence-electron chi connectivity index (χ1n) is 8.80. The van der Waals surface area contributed by atoms with Gasteiger partial charge in [0.15, 0.2) is 0 Å². The zero-order valence-corrected chi connectivity index (χ0v) is 14.5. The van der Waals surface area contributed by atoms with Crippen molar-refractivity contribution in [1.29, 1.82) is 0 Å². The van der Waals surface area contributed by atoms with Gasteiger partial charge in [0.05, 0.1) is 6.61 Å². The lowest BCUT2D eigenvalue weighted by atomic mass is 9.96. The lowest BCUT2D eigenvalue weighted by molar-refractivity contribution is -0.274. The summed E-state index contributed by atoms with van der Waals surface area (Å²) in [7, 11) is 0. The average Bonchev–Trinajstić information content (AvgIpc) is 3.29. The van der Waals surface area contributed by atoms with Crippen molar-refractivity contribution in [2.45, 2.75) is 25.1 Å². The third kappa shape index (κ3) is 3.86. The molecule has 142 valence electrons. The van der Waals surface area contributed by atoms with E-state index in [-0.39, 0.29) is 17.6 Å². The summed E-state index contributed by atoms with van der Waals surface area (Å²) in [5.41, 5.74) is 2.76. The van der Waals surface area contributed by atoms with Gasteiger partial charge < -0.3 is 14.4 Å². The van der Waals surface area contributed by atoms with Gasteiger partial charge in [0.25, 0.3) is 5.91 Å². The first kappa shape index (κ1) is 17.7. The highest BCUT2D eigenvalue weighted by Crippen LogP contribution is 2.33. The number of halogens is 3. The maximum absolute atomic E-state index is 12.7. The molecule has 7 heteroatoms. The van der Waals surface area contributed by atoms with Gasteiger partial charge in [0, 0.05) is 31.0 Å². The normalized spacial score (nSPS) is 18.9. The van der Waals surface area contributed by atoms with Crippen LogP contribution in [0.2, 0.25) is 0 Å². The van der Waals surface area contributed by atoms with Crippen LogP contribution in [0.4, 0.5) is 13.2 Å². The lowest BCUT2D eigenvalue weighted by Crippen LogP contribution is -2.28. The van der Waals surface area contributed by atoms with Gasteiger partial charge in [-0.25, -0.2) is 0 Å². The van der Waals surface area contributed by atoms with Crippen molar-refractivity contribution in [3.8, 4) is 11.5 Å². The summed E-state index contributed by atoms with van der Waals surface area (Å²) in [6.07, 6.45) is -2.97. The van der Waals surface area contributed by atoms with Crippen molar-refractivity contribution in [2.24, 2.45) is 0 Å². The number of fused-ring (bicyclic) bond motifs is 1. The van der Waals surface area contributed by atoms with Gasteiger partial charge in [-0.1, -0.05) is 12.1 Å². The van der Waals surface area contributed by atoms with Gasteiger partial charge >= 0.3 is 6.36 Å². The van der Waals surface area contributed by atoms with E-state index >= 15 is 0 Å². The van der Waals surface area contributed by atoms with E-state index in [1.807, 2.05) is 12.1 Å². The number of alkyl halides is 3. The van der Waals surface area contributed by atoms with Crippen LogP contribution >= 0.6 is 0 Å². The van der Waals surface area contributed by atoms with E-state index < -0.39 is 6.36 Å². The molecule has 2 aliphatic rings. The molecule has 1 amide bonds. The minimum Gasteiger partial charge on any atom is -0.493 e. The third-order valence-corrected chi connectivity index (χ3v) is 5.00. The molecular formula is C20H18F3NO3. The quantitative estimate of drug-likeness (QED) is 0.807. The van der Waals surface area contributed by atoms with Crippen molar-refractivity contribution < 1.29 is 27.4 Å². The molecule has 4 nitrogen and oxygen atoms in total. The molecule has 2 aromatic carbocycles. The molecule has 1 atom stereocenters. The summed E-state index contributed by atoms with van der Waals surface area (Å²) >= 11 is 0. The summed E-state index contributed by atoms with van der Waals surface area (Å²) < 4.78 is 46.1. The Labute approximate surface area is 154 Å². The summed E-state index contributed by atoms with van der Waals surface area (Å²) in [5.74, 6) is 0.679. The fourth-order valence-electron chi connectivity index (χ4n) is 3.66. The molecule has 0 spiro atoms. The van der Waals surface area contributed by atoms with E-state index in [9.17, 15) is 18.0 Å². The van der Waals surface area contributed by atoms with E-state index in [0.29, 0.717) is 25.3 Å². The Hall–Kier alpha value is -2.70. The van der Waals surface area contributed by atoms with Crippen LogP contribution in [0.5, 0.6) is 11.5 Å². The van der Waals surface area contributed by atoms with Crippen molar-refractivity contribution in [3.05, 3.63) is 59.2 Å². The number of carbonyl (C=O) groups is 1. The van der Waals surface area contributed by atoms with Crippen molar-refractivity contribution in [3.63, 3.8) is 0 Å². The lowest BCUT2D eigenvalue weighted by Gasteiger charge is -2.17. The maximum Gasteiger partial charge on any atom is 0.573 e. The molecule has 2 aromatic rings. The van der Waals surface area contributed by atoms with Gasteiger partial charge in [0.1, 0.15) is 11.5 Å². The Morgan fingerprint density at radius 3 is 2.67 bits per heavy atom. The van der Waals surface area contributed by atoms with Gasteiger partial charge in [-0.2, -0.15) is 0 Å². The number of hydrogen-bond acceptors (Lipinski definition) is 3. The number of ether oxygens (including phenoxy) is 2. The zero-order chi connectivity index (χ0) is 19.0. The molecule has 0 bridgehead atoms. The number of carbonyl (C=O) groups excluding carboxylic acids is 1. The second-order valence-corrected chi connectivity index (χ2v) is 6.77. The molecule has 2 aliphatic heterocycles. The Kier molecular flexibility index (Phi) is 4.45. The number of rotatable bonds is 3. The predicted octanol–water partition coefficient (Wildman–Crippen LogP) is 4.15. The molecule has 27 heavy (non-hydrogen) atoms. The summed E-state index contributed by atoms with van der Waals surface area (Å²) in [6, 6.07) is 11.2. The van der Waals surface area contributed by atoms with Crippen LogP contribution in [-0.2, 0) is 6.42 Å². The van der Waals surface area contributed by atoms with Crippen LogP contribution in [0, 0.1) is 0 Å². The average molecular weight is 377 g/mol. The molecule has 4 rings (SSSR count). The highest BCUT2D eigenvalue weighted by Gasteiger charge is 2.32. The van der Waals surface area contributed by atoms with Crippen LogP contribution in [0.25, 0.3) is 0 Å². The van der Waals surface area contributed by atoms with Crippen LogP contribution in [0.1, 0.15) is 33.8 Å². The molecule has 1 saturated heterocycles. The molecule has 0 aliphatic carbocycles. The number of amides is 1. The second kappa shape index (κ2) is 6.79. The van der Waals surface area contributed by atoms with E-state index in [1.165, 1.54) is 23.3 Å². The van der Waals surface area contributed by atoms with E-state index in [1.54, 1.807) is 4.90 Å². The van der Waals surface area contributed by atoms with Crippen molar-refractivity contribution >= 4 is 5.91 Å². The number of hydrogen-bond donors (Lipinski definition) is 0. The highest BCUT2D eigenvalue weighted by atomic mass is 19.4. The number of benzene rings is 2. The molecule has 0 saturated carbocycles. The molecule has 1 fully saturated rings. The van der Waals surface area contributed by atoms with Crippen molar-refractivity contribution in [2.75, 3.05) is 19.7 Å². The van der Waals surface area contributed by atoms with Crippen LogP contribution in [-0.4, -0.2) is 36.9 Å². The molecule has 2 heterocycles. The smallest absolute Gasteiger partial charge is 0.493 e. The van der Waals surface area contributed by atoms with Gasteiger partial charge in [0.2, 0.25) is 0 Å². The van der Waals surface area contributed by atoms with Gasteiger partial charge in [-0.3, -0.25) is 4.79 Å². The van der Waals surface area contributed by atoms with Gasteiger partial charge in [-0.05, 0) is 47.9 Å². The highest BCUT2D eigenvalue weighted by molar-refractivity contribution is 5.94. The Balaban J connectivity index is 1.42. The fourth-order valence-corrected chi connectivity index (χ4v) is 3.66. The molecule has 0 radical (unpaired) electrons. The Morgan fingerprint density at radius 1 is 1.15 bits per heavy atom. The standard InChI is InChI=1S/C20H18F3NO3/c21-20(22,23)27-17-4-1-13(2-5-17)19(25)24-9-7-16(12-24)14-3-6-18-15(11-14)8-10-26-18/h1-6,11,16H,7-10,12H2. The molecule has 1 unspecified atom stereocenters. The summed E-state index contributed by atoms with van der Waals surface area (Å²) in [4.78, 5) is 14.4. The topological polar surface area (TPSA) is 38.8 Å². The minimum absolute atomic E-state index is 0.180. The summed E-state index contributed by atoms with van der Waals surface area (Å²) in [6.45, 7) is 1.93. The largest absolute Gasteiger partial charge is 0.573 e. The van der Waals surface area contributed by atoms with Crippen molar-refractivity contribution in [1.82, 2.24) is 4.90 Å². The van der Waals surface area contributed by atoms with Crippen LogP contribution < -0.4 is 9.47 Å². The zero-order valence-electron chi connectivity index (χ0n) is 14.5. The first-order chi connectivity index (χ1) is 12.9. The first-order valence-corrected chi connectivity index (χ1v) is 8.80. The van der Waals surface area contributed by atoms with Crippen LogP contribution in [0.3, 0.4) is 0 Å². The SMILES string of the molecule is O=C(c1ccc(OC(F)(F)F)cc1)N1CCC(c2ccc3c(c2)CCO3)C1. The Bertz CT molecular complexity index is 849. The Morgan fingerprint density at radius 2 is 1.93 bits per heavy atom. The molecule has 0 N–H and O–H groups in total. The second-order valence-electron chi connectivity index (χ2n) is 6.77. The fraction of sp³-hybridized carbons (Fsp3) is 0.350. The van der Waals surface area contributed by atoms with Crippen LogP contribution in [0.15, 0.2) is 42.5 Å². The third-order valence-electron chi connectivity index (χ3n) is 5.00. The number of likely N-dealkylation sites (tertiary alicyclic amines) is 1. The van der Waals surface area contributed by atoms with E-state index in [2.05, 4.69) is 10.8 Å². The number of nitrogens with zero attached hydrogens (tertiary/aromatic N) is 1. The maximum atomic E-state index is 12.7. The predicted molar refractivity (Wildman–Crippen MR) is 92.0 cm³/mol. The molecular weight excluding hydrogens is 359 g/mol. The van der Waals surface area contributed by atoms with E-state index in [4.69, 9.17) is 4.74 Å². The monoisotopic (exact) mass is 377 g/mol. The minimum atomic E-state index is -4.74.